The Hall–Kier alpha value is -2.68. The first-order valence-corrected chi connectivity index (χ1v) is 13.1. The molecule has 1 unspecified atom stereocenters. The molecular formula is C29H37NO7. The molecule has 200 valence electrons. The van der Waals surface area contributed by atoms with Crippen molar-refractivity contribution < 1.29 is 33.6 Å². The normalized spacial score (nSPS) is 44.3. The predicted octanol–water partition coefficient (Wildman–Crippen LogP) is 3.60. The molecule has 2 fully saturated rings. The van der Waals surface area contributed by atoms with Crippen molar-refractivity contribution in [1.29, 1.82) is 0 Å². The zero-order valence-electron chi connectivity index (χ0n) is 22.0. The maximum Gasteiger partial charge on any atom is 0.355 e. The SMILES string of the molecule is C=C1O[C@H](C(C)=O)[C@H](C)/C=C(\C)[C@]23O[C@@H]4[C@H](C=CC2C[C@@H]1OC)[C@H]3[C@H](O)[C@@H](C)[C@H]4OC(=O)c1ccc[nH]1. The molecule has 0 radical (unpaired) electrons. The van der Waals surface area contributed by atoms with E-state index in [1.807, 2.05) is 26.8 Å². The van der Waals surface area contributed by atoms with E-state index in [0.29, 0.717) is 17.9 Å². The predicted molar refractivity (Wildman–Crippen MR) is 135 cm³/mol. The van der Waals surface area contributed by atoms with Gasteiger partial charge in [0.25, 0.3) is 0 Å². The highest BCUT2D eigenvalue weighted by molar-refractivity contribution is 5.87. The van der Waals surface area contributed by atoms with Crippen LogP contribution in [0.2, 0.25) is 0 Å². The minimum Gasteiger partial charge on any atom is -0.484 e. The first kappa shape index (κ1) is 25.9. The number of nitrogens with one attached hydrogen (secondary N) is 1. The lowest BCUT2D eigenvalue weighted by Crippen LogP contribution is -2.57. The number of ether oxygens (including phenoxy) is 4. The van der Waals surface area contributed by atoms with Gasteiger partial charge in [0.15, 0.2) is 11.9 Å². The van der Waals surface area contributed by atoms with Crippen LogP contribution in [0.4, 0.5) is 0 Å². The second-order valence-electron chi connectivity index (χ2n) is 11.1. The summed E-state index contributed by atoms with van der Waals surface area (Å²) in [4.78, 5) is 28.3. The Morgan fingerprint density at radius 1 is 1.27 bits per heavy atom. The summed E-state index contributed by atoms with van der Waals surface area (Å²) in [5.41, 5.74) is 0.443. The maximum atomic E-state index is 12.9. The van der Waals surface area contributed by atoms with Crippen molar-refractivity contribution in [2.75, 3.05) is 7.11 Å². The number of esters is 1. The van der Waals surface area contributed by atoms with Gasteiger partial charge < -0.3 is 29.0 Å². The number of methoxy groups -OCH3 is 1. The molecule has 1 saturated heterocycles. The summed E-state index contributed by atoms with van der Waals surface area (Å²) in [5.74, 6) is -1.29. The molecule has 11 atom stereocenters. The van der Waals surface area contributed by atoms with Gasteiger partial charge in [0.05, 0.1) is 6.10 Å². The van der Waals surface area contributed by atoms with Gasteiger partial charge in [0.2, 0.25) is 0 Å². The number of aliphatic hydroxyl groups excluding tert-OH is 1. The number of carbonyl (C=O) groups excluding carboxylic acids is 2. The molecule has 0 amide bonds. The van der Waals surface area contributed by atoms with Crippen LogP contribution in [0.25, 0.3) is 0 Å². The van der Waals surface area contributed by atoms with E-state index in [0.717, 1.165) is 5.57 Å². The van der Waals surface area contributed by atoms with Gasteiger partial charge in [-0.15, -0.1) is 0 Å². The van der Waals surface area contributed by atoms with E-state index in [9.17, 15) is 14.7 Å². The van der Waals surface area contributed by atoms with Gasteiger partial charge in [-0.1, -0.05) is 38.7 Å². The minimum absolute atomic E-state index is 0.0976. The van der Waals surface area contributed by atoms with Crippen molar-refractivity contribution >= 4 is 11.8 Å². The molecule has 2 N–H and O–H groups in total. The fraction of sp³-hybridized carbons (Fsp3) is 0.586. The molecule has 8 nitrogen and oxygen atoms in total. The van der Waals surface area contributed by atoms with E-state index in [2.05, 4.69) is 23.7 Å². The van der Waals surface area contributed by atoms with Gasteiger partial charge in [-0.2, -0.15) is 0 Å². The van der Waals surface area contributed by atoms with Crippen LogP contribution in [-0.4, -0.2) is 65.1 Å². The third-order valence-electron chi connectivity index (χ3n) is 8.94. The van der Waals surface area contributed by atoms with Gasteiger partial charge in [0, 0.05) is 42.9 Å². The fourth-order valence-electron chi connectivity index (χ4n) is 7.15. The summed E-state index contributed by atoms with van der Waals surface area (Å²) in [6.07, 6.45) is 5.45. The summed E-state index contributed by atoms with van der Waals surface area (Å²) >= 11 is 0. The summed E-state index contributed by atoms with van der Waals surface area (Å²) < 4.78 is 24.8. The van der Waals surface area contributed by atoms with Crippen molar-refractivity contribution in [3.05, 3.63) is 60.2 Å². The van der Waals surface area contributed by atoms with Crippen molar-refractivity contribution in [3.8, 4) is 0 Å². The second kappa shape index (κ2) is 9.57. The molecule has 0 aromatic carbocycles. The quantitative estimate of drug-likeness (QED) is 0.470. The Labute approximate surface area is 217 Å². The van der Waals surface area contributed by atoms with Gasteiger partial charge in [0.1, 0.15) is 35.4 Å². The Bertz CT molecular complexity index is 1120. The highest BCUT2D eigenvalue weighted by Gasteiger charge is 2.69. The molecular weight excluding hydrogens is 474 g/mol. The topological polar surface area (TPSA) is 107 Å². The van der Waals surface area contributed by atoms with Crippen LogP contribution in [-0.2, 0) is 23.7 Å². The summed E-state index contributed by atoms with van der Waals surface area (Å²) in [5, 5.41) is 11.7. The number of hydrogen-bond acceptors (Lipinski definition) is 7. The Kier molecular flexibility index (Phi) is 6.71. The van der Waals surface area contributed by atoms with Crippen LogP contribution in [0.3, 0.4) is 0 Å². The Morgan fingerprint density at radius 3 is 2.68 bits per heavy atom. The molecule has 8 heteroatoms. The number of aromatic nitrogens is 1. The number of H-pyrrole nitrogens is 1. The van der Waals surface area contributed by atoms with Gasteiger partial charge in [-0.05, 0) is 38.0 Å². The number of hydrogen-bond donors (Lipinski definition) is 2. The van der Waals surface area contributed by atoms with Crippen LogP contribution in [0, 0.1) is 29.6 Å². The van der Waals surface area contributed by atoms with Crippen LogP contribution < -0.4 is 0 Å². The summed E-state index contributed by atoms with van der Waals surface area (Å²) in [6, 6.07) is 3.41. The molecule has 4 aliphatic rings. The molecule has 1 saturated carbocycles. The van der Waals surface area contributed by atoms with E-state index >= 15 is 0 Å². The molecule has 1 aromatic rings. The lowest BCUT2D eigenvalue weighted by atomic mass is 9.57. The molecule has 1 aromatic heterocycles. The lowest BCUT2D eigenvalue weighted by molar-refractivity contribution is -0.130. The molecule has 3 heterocycles. The maximum absolute atomic E-state index is 12.9. The first-order chi connectivity index (χ1) is 17.6. The molecule has 4 bridgehead atoms. The number of carbonyl (C=O) groups is 2. The highest BCUT2D eigenvalue weighted by Crippen LogP contribution is 2.61. The van der Waals surface area contributed by atoms with Gasteiger partial charge in [-0.3, -0.25) is 4.79 Å². The monoisotopic (exact) mass is 511 g/mol. The number of aliphatic hydroxyl groups is 1. The summed E-state index contributed by atoms with van der Waals surface area (Å²) in [6.45, 7) is 11.5. The van der Waals surface area contributed by atoms with E-state index in [1.54, 1.807) is 25.4 Å². The molecule has 2 aliphatic carbocycles. The molecule has 2 aliphatic heterocycles. The standard InChI is InChI=1S/C29H37NO7/c1-14-12-15(2)29-19(13-22(34-6)18(5)35-25(14)17(4)31)9-10-20-23(29)24(32)16(3)26(27(20)37-29)36-28(33)21-8-7-11-30-21/h7-12,14,16,19-20,22-27,30,32H,5,13H2,1-4,6H3/b15-12+/t14-,16-,19?,20-,22+,23+,24-,25+,26-,27-,29+/m1/s1. The highest BCUT2D eigenvalue weighted by atomic mass is 16.6. The van der Waals surface area contributed by atoms with Crippen molar-refractivity contribution in [1.82, 2.24) is 4.98 Å². The lowest BCUT2D eigenvalue weighted by Gasteiger charge is -2.49. The van der Waals surface area contributed by atoms with Crippen molar-refractivity contribution in [3.63, 3.8) is 0 Å². The largest absolute Gasteiger partial charge is 0.484 e. The molecule has 1 spiro atoms. The zero-order valence-corrected chi connectivity index (χ0v) is 22.0. The average Bonchev–Trinajstić information content (AvgIpc) is 3.46. The average molecular weight is 512 g/mol. The van der Waals surface area contributed by atoms with Crippen molar-refractivity contribution in [2.45, 2.75) is 70.2 Å². The van der Waals surface area contributed by atoms with Crippen LogP contribution in [0.15, 0.2) is 54.5 Å². The Balaban J connectivity index is 1.58. The summed E-state index contributed by atoms with van der Waals surface area (Å²) in [7, 11) is 1.60. The van der Waals surface area contributed by atoms with E-state index in [4.69, 9.17) is 18.9 Å². The number of rotatable bonds is 4. The fourth-order valence-corrected chi connectivity index (χ4v) is 7.15. The smallest absolute Gasteiger partial charge is 0.355 e. The van der Waals surface area contributed by atoms with Crippen LogP contribution in [0.5, 0.6) is 0 Å². The molecule has 37 heavy (non-hydrogen) atoms. The third-order valence-corrected chi connectivity index (χ3v) is 8.94. The first-order valence-electron chi connectivity index (χ1n) is 13.1. The Morgan fingerprint density at radius 2 is 2.03 bits per heavy atom. The second-order valence-corrected chi connectivity index (χ2v) is 11.1. The molecule has 5 rings (SSSR count). The van der Waals surface area contributed by atoms with E-state index in [-0.39, 0.29) is 35.4 Å². The third kappa shape index (κ3) is 4.01. The van der Waals surface area contributed by atoms with Crippen LogP contribution in [0.1, 0.15) is 44.6 Å². The zero-order chi connectivity index (χ0) is 26.6. The minimum atomic E-state index is -0.852. The number of aromatic amines is 1. The van der Waals surface area contributed by atoms with E-state index in [1.165, 1.54) is 6.92 Å². The number of ketones is 1. The van der Waals surface area contributed by atoms with Gasteiger partial charge >= 0.3 is 5.97 Å². The van der Waals surface area contributed by atoms with Crippen LogP contribution >= 0.6 is 0 Å². The number of Topliss-reactive ketones (excluding diaryl/α,β-unsaturated/α-hetero) is 1. The van der Waals surface area contributed by atoms with Gasteiger partial charge in [-0.25, -0.2) is 4.79 Å². The van der Waals surface area contributed by atoms with Crippen molar-refractivity contribution in [2.24, 2.45) is 29.6 Å². The van der Waals surface area contributed by atoms with E-state index < -0.39 is 42.1 Å².